The lowest BCUT2D eigenvalue weighted by atomic mass is 10.2. The molecule has 0 aliphatic rings. The molecule has 2 aromatic rings. The SMILES string of the molecule is Cc1oc(CS(=O)c2ccc(Cl)cc2)cc1C(=O)O. The maximum absolute atomic E-state index is 12.1. The van der Waals surface area contributed by atoms with E-state index in [0.717, 1.165) is 0 Å². The highest BCUT2D eigenvalue weighted by Crippen LogP contribution is 2.19. The van der Waals surface area contributed by atoms with Gasteiger partial charge in [-0.3, -0.25) is 4.21 Å². The van der Waals surface area contributed by atoms with Gasteiger partial charge in [0.25, 0.3) is 0 Å². The maximum atomic E-state index is 12.1. The Morgan fingerprint density at radius 3 is 2.53 bits per heavy atom. The number of furan rings is 1. The number of carboxylic acid groups (broad SMARTS) is 1. The summed E-state index contributed by atoms with van der Waals surface area (Å²) in [7, 11) is -1.30. The lowest BCUT2D eigenvalue weighted by molar-refractivity contribution is 0.0695. The maximum Gasteiger partial charge on any atom is 0.339 e. The molecule has 2 rings (SSSR count). The van der Waals surface area contributed by atoms with E-state index >= 15 is 0 Å². The third-order valence-electron chi connectivity index (χ3n) is 2.55. The van der Waals surface area contributed by atoms with Gasteiger partial charge in [0, 0.05) is 9.92 Å². The van der Waals surface area contributed by atoms with Crippen molar-refractivity contribution in [2.45, 2.75) is 17.6 Å². The van der Waals surface area contributed by atoms with Gasteiger partial charge in [0.15, 0.2) is 0 Å². The highest BCUT2D eigenvalue weighted by Gasteiger charge is 2.15. The van der Waals surface area contributed by atoms with Crippen molar-refractivity contribution < 1.29 is 18.5 Å². The number of aryl methyl sites for hydroxylation is 1. The van der Waals surface area contributed by atoms with Crippen LogP contribution in [0.4, 0.5) is 0 Å². The summed E-state index contributed by atoms with van der Waals surface area (Å²) < 4.78 is 17.4. The number of rotatable bonds is 4. The smallest absolute Gasteiger partial charge is 0.339 e. The van der Waals surface area contributed by atoms with Crippen LogP contribution in [0.15, 0.2) is 39.6 Å². The van der Waals surface area contributed by atoms with Crippen molar-refractivity contribution in [3.63, 3.8) is 0 Å². The Balaban J connectivity index is 2.17. The van der Waals surface area contributed by atoms with Gasteiger partial charge in [0.1, 0.15) is 17.1 Å². The summed E-state index contributed by atoms with van der Waals surface area (Å²) in [6, 6.07) is 8.07. The lowest BCUT2D eigenvalue weighted by Gasteiger charge is -2.00. The molecule has 1 atom stereocenters. The Kier molecular flexibility index (Phi) is 4.07. The Morgan fingerprint density at radius 2 is 2.00 bits per heavy atom. The molecule has 0 bridgehead atoms. The fourth-order valence-electron chi connectivity index (χ4n) is 1.63. The van der Waals surface area contributed by atoms with Gasteiger partial charge in [-0.05, 0) is 37.3 Å². The number of halogens is 1. The summed E-state index contributed by atoms with van der Waals surface area (Å²) in [4.78, 5) is 11.5. The molecule has 19 heavy (non-hydrogen) atoms. The van der Waals surface area contributed by atoms with E-state index in [1.54, 1.807) is 31.2 Å². The minimum atomic E-state index is -1.30. The van der Waals surface area contributed by atoms with Crippen molar-refractivity contribution in [2.75, 3.05) is 0 Å². The molecule has 1 unspecified atom stereocenters. The molecular formula is C13H11ClO4S. The molecule has 0 spiro atoms. The second kappa shape index (κ2) is 5.59. The highest BCUT2D eigenvalue weighted by atomic mass is 35.5. The Bertz CT molecular complexity index is 631. The molecule has 0 fully saturated rings. The molecule has 1 N–H and O–H groups in total. The Labute approximate surface area is 117 Å². The van der Waals surface area contributed by atoms with Crippen LogP contribution >= 0.6 is 11.6 Å². The third kappa shape index (κ3) is 3.24. The van der Waals surface area contributed by atoms with Crippen molar-refractivity contribution >= 4 is 28.4 Å². The summed E-state index contributed by atoms with van der Waals surface area (Å²) in [5.74, 6) is -0.209. The molecule has 1 heterocycles. The monoisotopic (exact) mass is 298 g/mol. The van der Waals surface area contributed by atoms with E-state index in [-0.39, 0.29) is 11.3 Å². The zero-order valence-corrected chi connectivity index (χ0v) is 11.6. The van der Waals surface area contributed by atoms with E-state index in [2.05, 4.69) is 0 Å². The fourth-order valence-corrected chi connectivity index (χ4v) is 2.76. The van der Waals surface area contributed by atoms with Crippen LogP contribution in [-0.4, -0.2) is 15.3 Å². The predicted octanol–water partition coefficient (Wildman–Crippen LogP) is 3.25. The third-order valence-corrected chi connectivity index (χ3v) is 4.15. The van der Waals surface area contributed by atoms with Crippen LogP contribution in [-0.2, 0) is 16.6 Å². The van der Waals surface area contributed by atoms with Crippen LogP contribution in [0.1, 0.15) is 21.9 Å². The predicted molar refractivity (Wildman–Crippen MR) is 72.0 cm³/mol. The zero-order valence-electron chi connectivity index (χ0n) is 10.1. The van der Waals surface area contributed by atoms with Gasteiger partial charge in [-0.2, -0.15) is 0 Å². The van der Waals surface area contributed by atoms with Gasteiger partial charge in [0.2, 0.25) is 0 Å². The summed E-state index contributed by atoms with van der Waals surface area (Å²) in [5, 5.41) is 9.48. The number of carboxylic acids is 1. The van der Waals surface area contributed by atoms with Crippen molar-refractivity contribution in [3.05, 3.63) is 52.4 Å². The first-order valence-corrected chi connectivity index (χ1v) is 7.13. The number of aromatic carboxylic acids is 1. The summed E-state index contributed by atoms with van der Waals surface area (Å²) in [5.41, 5.74) is 0.100. The standard InChI is InChI=1S/C13H11ClO4S/c1-8-12(13(15)16)6-10(18-8)7-19(17)11-4-2-9(14)3-5-11/h2-6H,7H2,1H3,(H,15,16). The molecule has 0 aliphatic heterocycles. The van der Waals surface area contributed by atoms with Crippen LogP contribution in [0.5, 0.6) is 0 Å². The van der Waals surface area contributed by atoms with Crippen LogP contribution in [0, 0.1) is 6.92 Å². The van der Waals surface area contributed by atoms with Gasteiger partial charge in [-0.25, -0.2) is 4.79 Å². The molecule has 100 valence electrons. The van der Waals surface area contributed by atoms with Crippen molar-refractivity contribution in [3.8, 4) is 0 Å². The van der Waals surface area contributed by atoms with Gasteiger partial charge >= 0.3 is 5.97 Å². The number of hydrogen-bond acceptors (Lipinski definition) is 3. The first-order chi connectivity index (χ1) is 8.97. The Morgan fingerprint density at radius 1 is 1.37 bits per heavy atom. The molecule has 0 radical (unpaired) electrons. The van der Waals surface area contributed by atoms with E-state index in [1.807, 2.05) is 0 Å². The molecule has 0 aliphatic carbocycles. The van der Waals surface area contributed by atoms with Crippen molar-refractivity contribution in [2.24, 2.45) is 0 Å². The van der Waals surface area contributed by atoms with Gasteiger partial charge in [-0.1, -0.05) is 11.6 Å². The minimum absolute atomic E-state index is 0.100. The first kappa shape index (κ1) is 13.8. The molecule has 0 saturated carbocycles. The minimum Gasteiger partial charge on any atom is -0.478 e. The number of hydrogen-bond donors (Lipinski definition) is 1. The van der Waals surface area contributed by atoms with Gasteiger partial charge in [0.05, 0.1) is 16.6 Å². The van der Waals surface area contributed by atoms with E-state index in [9.17, 15) is 9.00 Å². The molecular weight excluding hydrogens is 288 g/mol. The number of benzene rings is 1. The molecule has 0 saturated heterocycles. The van der Waals surface area contributed by atoms with Crippen LogP contribution in [0.25, 0.3) is 0 Å². The molecule has 1 aromatic carbocycles. The number of carbonyl (C=O) groups is 1. The summed E-state index contributed by atoms with van der Waals surface area (Å²) in [6.45, 7) is 1.57. The highest BCUT2D eigenvalue weighted by molar-refractivity contribution is 7.84. The van der Waals surface area contributed by atoms with Gasteiger partial charge < -0.3 is 9.52 Å². The molecule has 1 aromatic heterocycles. The average Bonchev–Trinajstić information content (AvgIpc) is 2.71. The van der Waals surface area contributed by atoms with E-state index < -0.39 is 16.8 Å². The van der Waals surface area contributed by atoms with E-state index in [4.69, 9.17) is 21.1 Å². The molecule has 6 heteroatoms. The average molecular weight is 299 g/mol. The topological polar surface area (TPSA) is 67.5 Å². The normalized spacial score (nSPS) is 12.3. The van der Waals surface area contributed by atoms with Crippen LogP contribution in [0.2, 0.25) is 5.02 Å². The molecule has 0 amide bonds. The quantitative estimate of drug-likeness (QED) is 0.941. The lowest BCUT2D eigenvalue weighted by Crippen LogP contribution is -1.96. The fraction of sp³-hybridized carbons (Fsp3) is 0.154. The Hall–Kier alpha value is -1.59. The second-order valence-electron chi connectivity index (χ2n) is 3.93. The second-order valence-corrected chi connectivity index (χ2v) is 5.82. The van der Waals surface area contributed by atoms with Crippen molar-refractivity contribution in [1.29, 1.82) is 0 Å². The van der Waals surface area contributed by atoms with E-state index in [1.165, 1.54) is 6.07 Å². The van der Waals surface area contributed by atoms with Gasteiger partial charge in [-0.15, -0.1) is 0 Å². The van der Waals surface area contributed by atoms with Crippen LogP contribution in [0.3, 0.4) is 0 Å². The van der Waals surface area contributed by atoms with Crippen molar-refractivity contribution in [1.82, 2.24) is 0 Å². The zero-order chi connectivity index (χ0) is 14.0. The largest absolute Gasteiger partial charge is 0.478 e. The van der Waals surface area contributed by atoms with E-state index in [0.29, 0.717) is 21.4 Å². The van der Waals surface area contributed by atoms with Crippen LogP contribution < -0.4 is 0 Å². The summed E-state index contributed by atoms with van der Waals surface area (Å²) >= 11 is 5.75. The molecule has 4 nitrogen and oxygen atoms in total. The summed E-state index contributed by atoms with van der Waals surface area (Å²) in [6.07, 6.45) is 0. The first-order valence-electron chi connectivity index (χ1n) is 5.44.